The first kappa shape index (κ1) is 26.6. The summed E-state index contributed by atoms with van der Waals surface area (Å²) in [6.45, 7) is 1.82. The molecule has 0 aromatic heterocycles. The Bertz CT molecular complexity index is 1310. The third-order valence-corrected chi connectivity index (χ3v) is 7.61. The first-order valence-electron chi connectivity index (χ1n) is 11.7. The van der Waals surface area contributed by atoms with E-state index >= 15 is 0 Å². The van der Waals surface area contributed by atoms with Gasteiger partial charge in [0.05, 0.1) is 41.1 Å². The summed E-state index contributed by atoms with van der Waals surface area (Å²) in [7, 11) is 7.61. The van der Waals surface area contributed by atoms with Gasteiger partial charge < -0.3 is 29.0 Å². The molecule has 0 saturated heterocycles. The highest BCUT2D eigenvalue weighted by atomic mass is 79.9. The van der Waals surface area contributed by atoms with Crippen molar-refractivity contribution in [3.63, 3.8) is 0 Å². The molecule has 2 aliphatic rings. The Morgan fingerprint density at radius 2 is 1.51 bits per heavy atom. The van der Waals surface area contributed by atoms with Crippen molar-refractivity contribution in [2.75, 3.05) is 35.5 Å². The van der Waals surface area contributed by atoms with Crippen LogP contribution in [0.3, 0.4) is 0 Å². The van der Waals surface area contributed by atoms with Crippen molar-refractivity contribution < 1.29 is 33.3 Å². The van der Waals surface area contributed by atoms with Gasteiger partial charge in [0.25, 0.3) is 0 Å². The molecule has 0 fully saturated rings. The monoisotopic (exact) mass is 571 g/mol. The minimum Gasteiger partial charge on any atom is -0.493 e. The number of methoxy groups -OCH3 is 5. The number of Topliss-reactive ketones (excluding diaryl/α,β-unsaturated/α-hetero) is 1. The molecule has 1 N–H and O–H groups in total. The van der Waals surface area contributed by atoms with Gasteiger partial charge in [-0.05, 0) is 54.7 Å². The van der Waals surface area contributed by atoms with Crippen molar-refractivity contribution in [2.24, 2.45) is 0 Å². The number of carbonyl (C=O) groups excluding carboxylic acids is 2. The lowest BCUT2D eigenvalue weighted by Gasteiger charge is -2.37. The van der Waals surface area contributed by atoms with E-state index in [-0.39, 0.29) is 18.1 Å². The lowest BCUT2D eigenvalue weighted by molar-refractivity contribution is -0.136. The van der Waals surface area contributed by atoms with Crippen molar-refractivity contribution in [3.8, 4) is 23.0 Å². The average molecular weight is 572 g/mol. The summed E-state index contributed by atoms with van der Waals surface area (Å²) in [6.07, 6.45) is 0.870. The molecule has 2 atom stereocenters. The fourth-order valence-electron chi connectivity index (χ4n) is 5.16. The number of carbonyl (C=O) groups is 2. The summed E-state index contributed by atoms with van der Waals surface area (Å²) >= 11 is 3.63. The molecule has 0 spiro atoms. The van der Waals surface area contributed by atoms with Crippen molar-refractivity contribution in [1.29, 1.82) is 0 Å². The molecule has 4 rings (SSSR count). The van der Waals surface area contributed by atoms with E-state index in [9.17, 15) is 9.59 Å². The number of halogens is 1. The van der Waals surface area contributed by atoms with Crippen LogP contribution in [0.15, 0.2) is 57.3 Å². The second kappa shape index (κ2) is 10.9. The lowest BCUT2D eigenvalue weighted by Crippen LogP contribution is -2.36. The Kier molecular flexibility index (Phi) is 7.82. The summed E-state index contributed by atoms with van der Waals surface area (Å²) in [5.74, 6) is 1.01. The van der Waals surface area contributed by atoms with Crippen LogP contribution in [0.5, 0.6) is 23.0 Å². The topological polar surface area (TPSA) is 92.3 Å². The van der Waals surface area contributed by atoms with Crippen LogP contribution in [0.25, 0.3) is 0 Å². The number of nitrogens with one attached hydrogen (secondary N) is 1. The fraction of sp³-hybridized carbons (Fsp3) is 0.357. The molecule has 0 bridgehead atoms. The molecule has 0 saturated carbocycles. The Labute approximate surface area is 224 Å². The van der Waals surface area contributed by atoms with Crippen LogP contribution in [0.1, 0.15) is 42.7 Å². The van der Waals surface area contributed by atoms with Crippen LogP contribution in [0, 0.1) is 0 Å². The summed E-state index contributed by atoms with van der Waals surface area (Å²) in [5, 5.41) is 3.35. The van der Waals surface area contributed by atoms with E-state index in [1.54, 1.807) is 40.6 Å². The number of hydrogen-bond donors (Lipinski definition) is 1. The van der Waals surface area contributed by atoms with E-state index in [1.165, 1.54) is 7.11 Å². The zero-order valence-electron chi connectivity index (χ0n) is 21.7. The smallest absolute Gasteiger partial charge is 0.336 e. The minimum absolute atomic E-state index is 0.0471. The van der Waals surface area contributed by atoms with Crippen molar-refractivity contribution in [3.05, 3.63) is 68.5 Å². The highest BCUT2D eigenvalue weighted by Gasteiger charge is 2.42. The molecule has 0 unspecified atom stereocenters. The fourth-order valence-corrected chi connectivity index (χ4v) is 5.72. The van der Waals surface area contributed by atoms with Crippen LogP contribution >= 0.6 is 15.9 Å². The van der Waals surface area contributed by atoms with Gasteiger partial charge in [-0.15, -0.1) is 0 Å². The van der Waals surface area contributed by atoms with Crippen molar-refractivity contribution >= 4 is 27.7 Å². The number of rotatable bonds is 7. The van der Waals surface area contributed by atoms with Crippen molar-refractivity contribution in [2.45, 2.75) is 31.6 Å². The first-order valence-corrected chi connectivity index (χ1v) is 12.5. The average Bonchev–Trinajstić information content (AvgIpc) is 2.91. The summed E-state index contributed by atoms with van der Waals surface area (Å²) in [4.78, 5) is 26.8. The highest BCUT2D eigenvalue weighted by Crippen LogP contribution is 2.49. The van der Waals surface area contributed by atoms with Crippen LogP contribution in [-0.4, -0.2) is 47.3 Å². The van der Waals surface area contributed by atoms with Gasteiger partial charge in [-0.3, -0.25) is 4.79 Å². The standard InChI is InChI=1S/C28H30BrNO7/c1-14-25(28(32)37-6)26(17-12-23(35-4)24(36-5)13-18(17)29)27-19(30-14)9-16(10-20(27)31)15-7-8-21(33-2)22(11-15)34-3/h7-8,11-13,16,26,30H,9-10H2,1-6H3/t16-,26+/m0/s1. The number of benzene rings is 2. The van der Waals surface area contributed by atoms with Gasteiger partial charge in [0, 0.05) is 33.8 Å². The molecule has 2 aromatic carbocycles. The molecular weight excluding hydrogens is 542 g/mol. The number of dihydropyridines is 1. The largest absolute Gasteiger partial charge is 0.493 e. The summed E-state index contributed by atoms with van der Waals surface area (Å²) in [6, 6.07) is 9.30. The van der Waals surface area contributed by atoms with E-state index in [4.69, 9.17) is 23.7 Å². The van der Waals surface area contributed by atoms with E-state index < -0.39 is 11.9 Å². The van der Waals surface area contributed by atoms with Gasteiger partial charge >= 0.3 is 5.97 Å². The number of allylic oxidation sites excluding steroid dienone is 3. The van der Waals surface area contributed by atoms with Crippen LogP contribution in [-0.2, 0) is 14.3 Å². The SMILES string of the molecule is COC(=O)C1=C(C)NC2=C(C(=O)C[C@@H](c3ccc(OC)c(OC)c3)C2)[C@@H]1c1cc(OC)c(OC)cc1Br. The first-order chi connectivity index (χ1) is 17.8. The Morgan fingerprint density at radius 1 is 0.892 bits per heavy atom. The lowest BCUT2D eigenvalue weighted by atomic mass is 9.71. The van der Waals surface area contributed by atoms with Gasteiger partial charge in [0.15, 0.2) is 28.8 Å². The zero-order valence-corrected chi connectivity index (χ0v) is 23.3. The van der Waals surface area contributed by atoms with E-state index in [2.05, 4.69) is 21.2 Å². The molecule has 1 heterocycles. The van der Waals surface area contributed by atoms with Crippen LogP contribution < -0.4 is 24.3 Å². The quantitative estimate of drug-likeness (QED) is 0.463. The Hall–Kier alpha value is -3.46. The number of ether oxygens (including phenoxy) is 5. The van der Waals surface area contributed by atoms with Crippen molar-refractivity contribution in [1.82, 2.24) is 5.32 Å². The van der Waals surface area contributed by atoms with Gasteiger partial charge in [-0.1, -0.05) is 22.0 Å². The molecule has 196 valence electrons. The minimum atomic E-state index is -0.642. The summed E-state index contributed by atoms with van der Waals surface area (Å²) in [5.41, 5.74) is 4.04. The molecule has 2 aromatic rings. The zero-order chi connectivity index (χ0) is 26.9. The predicted octanol–water partition coefficient (Wildman–Crippen LogP) is 5.02. The molecule has 9 heteroatoms. The van der Waals surface area contributed by atoms with Gasteiger partial charge in [-0.2, -0.15) is 0 Å². The predicted molar refractivity (Wildman–Crippen MR) is 141 cm³/mol. The van der Waals surface area contributed by atoms with Gasteiger partial charge in [-0.25, -0.2) is 4.79 Å². The van der Waals surface area contributed by atoms with Crippen LogP contribution in [0.4, 0.5) is 0 Å². The van der Waals surface area contributed by atoms with E-state index in [0.717, 1.165) is 11.3 Å². The number of ketones is 1. The van der Waals surface area contributed by atoms with E-state index in [0.29, 0.717) is 56.3 Å². The maximum Gasteiger partial charge on any atom is 0.336 e. The second-order valence-corrected chi connectivity index (χ2v) is 9.71. The van der Waals surface area contributed by atoms with Gasteiger partial charge in [0.1, 0.15) is 0 Å². The molecule has 0 radical (unpaired) electrons. The summed E-state index contributed by atoms with van der Waals surface area (Å²) < 4.78 is 27.6. The highest BCUT2D eigenvalue weighted by molar-refractivity contribution is 9.10. The third-order valence-electron chi connectivity index (χ3n) is 6.93. The van der Waals surface area contributed by atoms with E-state index in [1.807, 2.05) is 25.1 Å². The normalized spacial score (nSPS) is 19.2. The molecular formula is C28H30BrNO7. The number of hydrogen-bond acceptors (Lipinski definition) is 8. The number of esters is 1. The molecule has 8 nitrogen and oxygen atoms in total. The Balaban J connectivity index is 1.84. The second-order valence-electron chi connectivity index (χ2n) is 8.85. The third kappa shape index (κ3) is 4.80. The molecule has 1 aliphatic heterocycles. The molecule has 37 heavy (non-hydrogen) atoms. The van der Waals surface area contributed by atoms with Gasteiger partial charge in [0.2, 0.25) is 0 Å². The molecule has 0 amide bonds. The maximum absolute atomic E-state index is 13.8. The maximum atomic E-state index is 13.8. The van der Waals surface area contributed by atoms with Crippen LogP contribution in [0.2, 0.25) is 0 Å². The molecule has 1 aliphatic carbocycles. The Morgan fingerprint density at radius 3 is 2.14 bits per heavy atom.